The number of aldehydes is 1. The third-order valence-electron chi connectivity index (χ3n) is 4.23. The molecule has 0 amide bonds. The molecule has 3 nitrogen and oxygen atoms in total. The first-order chi connectivity index (χ1) is 11.0. The van der Waals surface area contributed by atoms with Crippen LogP contribution in [0.4, 0.5) is 0 Å². The van der Waals surface area contributed by atoms with Gasteiger partial charge in [-0.15, -0.1) is 11.8 Å². The van der Waals surface area contributed by atoms with Crippen LogP contribution in [-0.4, -0.2) is 29.7 Å². The molecule has 1 heterocycles. The van der Waals surface area contributed by atoms with E-state index in [-0.39, 0.29) is 16.9 Å². The first kappa shape index (κ1) is 19.1. The molecule has 24 heavy (non-hydrogen) atoms. The van der Waals surface area contributed by atoms with Crippen molar-refractivity contribution in [1.29, 1.82) is 0 Å². The van der Waals surface area contributed by atoms with Gasteiger partial charge in [0.15, 0.2) is 0 Å². The molecule has 1 atom stereocenters. The van der Waals surface area contributed by atoms with E-state index in [9.17, 15) is 9.90 Å². The summed E-state index contributed by atoms with van der Waals surface area (Å²) in [6, 6.07) is 3.87. The van der Waals surface area contributed by atoms with Crippen molar-refractivity contribution >= 4 is 24.1 Å². The Balaban J connectivity index is 2.60. The largest absolute Gasteiger partial charge is 0.507 e. The lowest BCUT2D eigenvalue weighted by molar-refractivity contribution is -0.108. The van der Waals surface area contributed by atoms with Crippen LogP contribution in [0.1, 0.15) is 58.2 Å². The number of phenolic OH excluding ortho intramolecular Hbond substituents is 1. The summed E-state index contributed by atoms with van der Waals surface area (Å²) in [6.45, 7) is 13.5. The molecule has 1 unspecified atom stereocenters. The summed E-state index contributed by atoms with van der Waals surface area (Å²) in [6.07, 6.45) is 3.05. The first-order valence-electron chi connectivity index (χ1n) is 8.45. The maximum Gasteiger partial charge on any atom is 0.141 e. The Kier molecular flexibility index (Phi) is 5.50. The van der Waals surface area contributed by atoms with Crippen molar-refractivity contribution in [3.63, 3.8) is 0 Å². The number of rotatable bonds is 2. The number of hydrogen-bond donors (Lipinski definition) is 2. The predicted molar refractivity (Wildman–Crippen MR) is 104 cm³/mol. The molecule has 4 heteroatoms. The van der Waals surface area contributed by atoms with Crippen molar-refractivity contribution in [3.05, 3.63) is 33.7 Å². The Morgan fingerprint density at radius 3 is 2.12 bits per heavy atom. The van der Waals surface area contributed by atoms with Crippen molar-refractivity contribution in [2.75, 3.05) is 12.3 Å². The average molecular weight is 348 g/mol. The smallest absolute Gasteiger partial charge is 0.141 e. The van der Waals surface area contributed by atoms with Gasteiger partial charge in [0.05, 0.1) is 6.04 Å². The van der Waals surface area contributed by atoms with Gasteiger partial charge in [-0.1, -0.05) is 41.5 Å². The van der Waals surface area contributed by atoms with Gasteiger partial charge >= 0.3 is 0 Å². The van der Waals surface area contributed by atoms with Gasteiger partial charge in [0.2, 0.25) is 0 Å². The van der Waals surface area contributed by atoms with Gasteiger partial charge in [-0.25, -0.2) is 0 Å². The highest BCUT2D eigenvalue weighted by Gasteiger charge is 2.27. The molecule has 1 aliphatic rings. The number of carbonyl (C=O) groups is 1. The molecule has 2 N–H and O–H groups in total. The lowest BCUT2D eigenvalue weighted by atomic mass is 9.78. The van der Waals surface area contributed by atoms with Gasteiger partial charge in [-0.3, -0.25) is 0 Å². The maximum atomic E-state index is 11.3. The fraction of sp³-hybridized carbons (Fsp3) is 0.550. The summed E-state index contributed by atoms with van der Waals surface area (Å²) in [7, 11) is 0. The fourth-order valence-electron chi connectivity index (χ4n) is 2.87. The zero-order valence-electron chi connectivity index (χ0n) is 15.6. The second-order valence-corrected chi connectivity index (χ2v) is 9.60. The van der Waals surface area contributed by atoms with Crippen LogP contribution < -0.4 is 5.32 Å². The van der Waals surface area contributed by atoms with Crippen LogP contribution in [0.25, 0.3) is 6.08 Å². The summed E-state index contributed by atoms with van der Waals surface area (Å²) >= 11 is 1.73. The molecular formula is C20H29NO2S. The van der Waals surface area contributed by atoms with Crippen LogP contribution in [0.5, 0.6) is 5.75 Å². The number of thioether (sulfide) groups is 1. The van der Waals surface area contributed by atoms with E-state index >= 15 is 0 Å². The number of carbonyl (C=O) groups excluding carboxylic acids is 1. The normalized spacial score (nSPS) is 21.1. The Labute approximate surface area is 149 Å². The molecule has 1 aromatic rings. The summed E-state index contributed by atoms with van der Waals surface area (Å²) in [4.78, 5) is 12.4. The van der Waals surface area contributed by atoms with Crippen LogP contribution in [0.3, 0.4) is 0 Å². The van der Waals surface area contributed by atoms with Crippen molar-refractivity contribution in [2.24, 2.45) is 0 Å². The zero-order valence-corrected chi connectivity index (χ0v) is 16.4. The fourth-order valence-corrected chi connectivity index (χ4v) is 3.86. The van der Waals surface area contributed by atoms with E-state index in [0.717, 1.165) is 40.2 Å². The van der Waals surface area contributed by atoms with Crippen molar-refractivity contribution < 1.29 is 9.90 Å². The van der Waals surface area contributed by atoms with Gasteiger partial charge in [0.1, 0.15) is 12.0 Å². The number of aromatic hydroxyl groups is 1. The molecule has 0 bridgehead atoms. The summed E-state index contributed by atoms with van der Waals surface area (Å²) in [5.41, 5.74) is 2.62. The molecular weight excluding hydrogens is 318 g/mol. The zero-order chi connectivity index (χ0) is 18.1. The van der Waals surface area contributed by atoms with Crippen molar-refractivity contribution in [1.82, 2.24) is 5.32 Å². The quantitative estimate of drug-likeness (QED) is 0.786. The van der Waals surface area contributed by atoms with E-state index in [0.29, 0.717) is 5.75 Å². The Hall–Kier alpha value is -1.26. The van der Waals surface area contributed by atoms with E-state index in [2.05, 4.69) is 65.1 Å². The average Bonchev–Trinajstić information content (AvgIpc) is 2.47. The Morgan fingerprint density at radius 1 is 1.12 bits per heavy atom. The van der Waals surface area contributed by atoms with Crippen LogP contribution in [0.15, 0.2) is 17.0 Å². The van der Waals surface area contributed by atoms with Crippen molar-refractivity contribution in [3.8, 4) is 5.75 Å². The summed E-state index contributed by atoms with van der Waals surface area (Å²) in [5.74, 6) is 1.35. The van der Waals surface area contributed by atoms with E-state index in [1.807, 2.05) is 0 Å². The molecule has 2 rings (SSSR count). The molecule has 132 valence electrons. The van der Waals surface area contributed by atoms with E-state index in [1.165, 1.54) is 0 Å². The highest BCUT2D eigenvalue weighted by atomic mass is 32.2. The highest BCUT2D eigenvalue weighted by Crippen LogP contribution is 2.40. The van der Waals surface area contributed by atoms with Gasteiger partial charge in [0.25, 0.3) is 0 Å². The monoisotopic (exact) mass is 347 g/mol. The topological polar surface area (TPSA) is 49.3 Å². The van der Waals surface area contributed by atoms with Crippen molar-refractivity contribution in [2.45, 2.75) is 58.4 Å². The second-order valence-electron chi connectivity index (χ2n) is 8.43. The second kappa shape index (κ2) is 6.93. The van der Waals surface area contributed by atoms with Crippen LogP contribution in [0.2, 0.25) is 0 Å². The van der Waals surface area contributed by atoms with Gasteiger partial charge in [-0.05, 0) is 34.6 Å². The minimum absolute atomic E-state index is 0.152. The number of phenols is 1. The first-order valence-corrected chi connectivity index (χ1v) is 9.43. The SMILES string of the molecule is CC(C)(C)c1cc(C=C2SCCNC2C=O)cc(C(C)(C)C)c1O. The Morgan fingerprint density at radius 2 is 1.67 bits per heavy atom. The maximum absolute atomic E-state index is 11.3. The number of hydrogen-bond acceptors (Lipinski definition) is 4. The number of nitrogens with one attached hydrogen (secondary N) is 1. The molecule has 0 saturated carbocycles. The number of benzene rings is 1. The molecule has 0 aliphatic carbocycles. The lowest BCUT2D eigenvalue weighted by Gasteiger charge is -2.28. The molecule has 0 aromatic heterocycles. The molecule has 0 radical (unpaired) electrons. The van der Waals surface area contributed by atoms with Crippen LogP contribution >= 0.6 is 11.8 Å². The molecule has 0 spiro atoms. The summed E-state index contributed by atoms with van der Waals surface area (Å²) in [5, 5.41) is 14.0. The van der Waals surface area contributed by atoms with E-state index < -0.39 is 0 Å². The minimum Gasteiger partial charge on any atom is -0.507 e. The summed E-state index contributed by atoms with van der Waals surface area (Å²) < 4.78 is 0. The van der Waals surface area contributed by atoms with Gasteiger partial charge in [0, 0.05) is 28.3 Å². The van der Waals surface area contributed by atoms with E-state index in [4.69, 9.17) is 0 Å². The van der Waals surface area contributed by atoms with Gasteiger partial charge in [-0.2, -0.15) is 0 Å². The molecule has 1 fully saturated rings. The Bertz CT molecular complexity index is 616. The van der Waals surface area contributed by atoms with Crippen LogP contribution in [-0.2, 0) is 15.6 Å². The van der Waals surface area contributed by atoms with Crippen LogP contribution in [0, 0.1) is 0 Å². The minimum atomic E-state index is -0.228. The van der Waals surface area contributed by atoms with E-state index in [1.54, 1.807) is 11.8 Å². The molecule has 1 aliphatic heterocycles. The predicted octanol–water partition coefficient (Wildman–Crippen LogP) is 4.23. The highest BCUT2D eigenvalue weighted by molar-refractivity contribution is 8.03. The molecule has 1 aromatic carbocycles. The third kappa shape index (κ3) is 4.22. The lowest BCUT2D eigenvalue weighted by Crippen LogP contribution is -2.37. The third-order valence-corrected chi connectivity index (χ3v) is 5.35. The standard InChI is InChI=1S/C20H29NO2S/c1-19(2,3)14-9-13(10-15(18(14)23)20(4,5)6)11-17-16(12-22)21-7-8-24-17/h9-12,16,21,23H,7-8H2,1-6H3. The molecule has 1 saturated heterocycles. The van der Waals surface area contributed by atoms with Gasteiger partial charge < -0.3 is 15.2 Å².